The molecule has 2 amide bonds. The number of urea groups is 1. The van der Waals surface area contributed by atoms with Crippen LogP contribution in [0, 0.1) is 13.8 Å². The second kappa shape index (κ2) is 10.5. The third kappa shape index (κ3) is 5.36. The van der Waals surface area contributed by atoms with Crippen LogP contribution in [0.4, 0.5) is 16.3 Å². The molecule has 178 valence electrons. The number of hydrogen-bond donors (Lipinski definition) is 1. The van der Waals surface area contributed by atoms with Gasteiger partial charge < -0.3 is 15.1 Å². The highest BCUT2D eigenvalue weighted by atomic mass is 32.2. The van der Waals surface area contributed by atoms with Gasteiger partial charge in [0, 0.05) is 53.6 Å². The minimum Gasteiger partial charge on any atom is -0.353 e. The van der Waals surface area contributed by atoms with Crippen LogP contribution in [-0.4, -0.2) is 53.3 Å². The number of aromatic nitrogens is 2. The molecule has 2 heterocycles. The lowest BCUT2D eigenvalue weighted by atomic mass is 10.0. The number of amides is 2. The molecule has 34 heavy (non-hydrogen) atoms. The van der Waals surface area contributed by atoms with E-state index in [-0.39, 0.29) is 6.03 Å². The Morgan fingerprint density at radius 3 is 2.18 bits per heavy atom. The SMILES string of the molecule is CSc1ccc(NC(=O)N2CCN(c3nc(-c4ccc(C)cc4)nc(C)c3C(C)C)CC2)cc1. The molecule has 0 saturated carbocycles. The highest BCUT2D eigenvalue weighted by Gasteiger charge is 2.26. The summed E-state index contributed by atoms with van der Waals surface area (Å²) >= 11 is 1.69. The number of benzene rings is 2. The molecule has 0 radical (unpaired) electrons. The van der Waals surface area contributed by atoms with E-state index in [1.54, 1.807) is 11.8 Å². The number of nitrogens with one attached hydrogen (secondary N) is 1. The number of aryl methyl sites for hydroxylation is 2. The lowest BCUT2D eigenvalue weighted by Gasteiger charge is -2.37. The van der Waals surface area contributed by atoms with Crippen molar-refractivity contribution in [1.82, 2.24) is 14.9 Å². The van der Waals surface area contributed by atoms with Crippen LogP contribution in [0.3, 0.4) is 0 Å². The van der Waals surface area contributed by atoms with Crippen LogP contribution in [0.5, 0.6) is 0 Å². The van der Waals surface area contributed by atoms with Gasteiger partial charge in [-0.2, -0.15) is 0 Å². The van der Waals surface area contributed by atoms with Gasteiger partial charge in [-0.25, -0.2) is 14.8 Å². The quantitative estimate of drug-likeness (QED) is 0.461. The fraction of sp³-hybridized carbons (Fsp3) is 0.370. The summed E-state index contributed by atoms with van der Waals surface area (Å²) in [6, 6.07) is 16.2. The Bertz CT molecular complexity index is 1140. The lowest BCUT2D eigenvalue weighted by Crippen LogP contribution is -2.50. The largest absolute Gasteiger partial charge is 0.353 e. The molecular formula is C27H33N5OS. The van der Waals surface area contributed by atoms with E-state index in [0.717, 1.165) is 41.7 Å². The maximum Gasteiger partial charge on any atom is 0.321 e. The number of anilines is 2. The van der Waals surface area contributed by atoms with Crippen molar-refractivity contribution in [3.05, 3.63) is 65.4 Å². The maximum atomic E-state index is 12.8. The number of carbonyl (C=O) groups excluding carboxylic acids is 1. The van der Waals surface area contributed by atoms with Crippen LogP contribution in [0.15, 0.2) is 53.4 Å². The molecule has 1 N–H and O–H groups in total. The van der Waals surface area contributed by atoms with Crippen molar-refractivity contribution in [2.75, 3.05) is 42.7 Å². The normalized spacial score (nSPS) is 13.9. The Kier molecular flexibility index (Phi) is 7.41. The van der Waals surface area contributed by atoms with E-state index in [1.807, 2.05) is 35.4 Å². The molecule has 0 unspecified atom stereocenters. The molecule has 1 saturated heterocycles. The number of thioether (sulfide) groups is 1. The average molecular weight is 476 g/mol. The van der Waals surface area contributed by atoms with Crippen molar-refractivity contribution < 1.29 is 4.79 Å². The number of hydrogen-bond acceptors (Lipinski definition) is 5. The highest BCUT2D eigenvalue weighted by molar-refractivity contribution is 7.98. The first-order valence-electron chi connectivity index (χ1n) is 11.8. The van der Waals surface area contributed by atoms with Crippen LogP contribution >= 0.6 is 11.8 Å². The van der Waals surface area contributed by atoms with E-state index < -0.39 is 0 Å². The van der Waals surface area contributed by atoms with Crippen molar-refractivity contribution in [1.29, 1.82) is 0 Å². The van der Waals surface area contributed by atoms with Crippen molar-refractivity contribution in [3.63, 3.8) is 0 Å². The molecule has 0 aliphatic carbocycles. The molecule has 6 nitrogen and oxygen atoms in total. The zero-order valence-corrected chi connectivity index (χ0v) is 21.4. The summed E-state index contributed by atoms with van der Waals surface area (Å²) in [5.41, 5.74) is 5.26. The summed E-state index contributed by atoms with van der Waals surface area (Å²) < 4.78 is 0. The Balaban J connectivity index is 1.50. The predicted octanol–water partition coefficient (Wildman–Crippen LogP) is 5.96. The molecule has 7 heteroatoms. The van der Waals surface area contributed by atoms with Gasteiger partial charge in [0.25, 0.3) is 0 Å². The smallest absolute Gasteiger partial charge is 0.321 e. The van der Waals surface area contributed by atoms with E-state index in [1.165, 1.54) is 16.0 Å². The fourth-order valence-corrected chi connectivity index (χ4v) is 4.72. The van der Waals surface area contributed by atoms with Crippen LogP contribution in [-0.2, 0) is 0 Å². The van der Waals surface area contributed by atoms with E-state index in [2.05, 4.69) is 62.2 Å². The average Bonchev–Trinajstić information content (AvgIpc) is 2.84. The van der Waals surface area contributed by atoms with Gasteiger partial charge in [-0.15, -0.1) is 11.8 Å². The molecule has 4 rings (SSSR count). The molecule has 0 bridgehead atoms. The van der Waals surface area contributed by atoms with E-state index in [4.69, 9.17) is 9.97 Å². The second-order valence-corrected chi connectivity index (χ2v) is 9.90. The first-order chi connectivity index (χ1) is 16.4. The molecule has 2 aromatic carbocycles. The monoisotopic (exact) mass is 475 g/mol. The second-order valence-electron chi connectivity index (χ2n) is 9.02. The van der Waals surface area contributed by atoms with Gasteiger partial charge in [0.05, 0.1) is 0 Å². The minimum absolute atomic E-state index is 0.0557. The number of nitrogens with zero attached hydrogens (tertiary/aromatic N) is 4. The topological polar surface area (TPSA) is 61.4 Å². The van der Waals surface area contributed by atoms with Crippen molar-refractivity contribution in [2.45, 2.75) is 38.5 Å². The van der Waals surface area contributed by atoms with Gasteiger partial charge in [-0.3, -0.25) is 0 Å². The fourth-order valence-electron chi connectivity index (χ4n) is 4.31. The summed E-state index contributed by atoms with van der Waals surface area (Å²) in [6.45, 7) is 11.3. The van der Waals surface area contributed by atoms with Crippen LogP contribution in [0.2, 0.25) is 0 Å². The molecule has 1 aliphatic rings. The van der Waals surface area contributed by atoms with Gasteiger partial charge in [0.15, 0.2) is 5.82 Å². The van der Waals surface area contributed by atoms with Crippen molar-refractivity contribution >= 4 is 29.3 Å². The number of piperazine rings is 1. The van der Waals surface area contributed by atoms with Gasteiger partial charge >= 0.3 is 6.03 Å². The molecule has 1 fully saturated rings. The Morgan fingerprint density at radius 1 is 0.941 bits per heavy atom. The Labute approximate surface area is 206 Å². The van der Waals surface area contributed by atoms with Crippen LogP contribution in [0.1, 0.15) is 36.6 Å². The minimum atomic E-state index is -0.0557. The summed E-state index contributed by atoms with van der Waals surface area (Å²) in [4.78, 5) is 28.1. The lowest BCUT2D eigenvalue weighted by molar-refractivity contribution is 0.208. The Morgan fingerprint density at radius 2 is 1.59 bits per heavy atom. The first-order valence-corrected chi connectivity index (χ1v) is 13.0. The predicted molar refractivity (Wildman–Crippen MR) is 142 cm³/mol. The molecule has 0 spiro atoms. The maximum absolute atomic E-state index is 12.8. The molecule has 3 aromatic rings. The highest BCUT2D eigenvalue weighted by Crippen LogP contribution is 2.31. The van der Waals surface area contributed by atoms with Gasteiger partial charge in [0.1, 0.15) is 5.82 Å². The third-order valence-electron chi connectivity index (χ3n) is 6.21. The van der Waals surface area contributed by atoms with Crippen molar-refractivity contribution in [2.24, 2.45) is 0 Å². The summed E-state index contributed by atoms with van der Waals surface area (Å²) in [6.07, 6.45) is 2.04. The molecule has 0 atom stereocenters. The van der Waals surface area contributed by atoms with Crippen LogP contribution < -0.4 is 10.2 Å². The van der Waals surface area contributed by atoms with Gasteiger partial charge in [0.2, 0.25) is 0 Å². The number of rotatable bonds is 5. The number of carbonyl (C=O) groups is 1. The third-order valence-corrected chi connectivity index (χ3v) is 6.95. The summed E-state index contributed by atoms with van der Waals surface area (Å²) in [7, 11) is 0. The zero-order valence-electron chi connectivity index (χ0n) is 20.6. The Hall–Kier alpha value is -3.06. The van der Waals surface area contributed by atoms with Gasteiger partial charge in [-0.05, 0) is 50.3 Å². The molecule has 1 aliphatic heterocycles. The van der Waals surface area contributed by atoms with Gasteiger partial charge in [-0.1, -0.05) is 43.7 Å². The zero-order chi connectivity index (χ0) is 24.2. The van der Waals surface area contributed by atoms with E-state index in [0.29, 0.717) is 19.0 Å². The summed E-state index contributed by atoms with van der Waals surface area (Å²) in [5, 5.41) is 3.02. The van der Waals surface area contributed by atoms with E-state index in [9.17, 15) is 4.79 Å². The van der Waals surface area contributed by atoms with Crippen LogP contribution in [0.25, 0.3) is 11.4 Å². The van der Waals surface area contributed by atoms with Crippen molar-refractivity contribution in [3.8, 4) is 11.4 Å². The molecular weight excluding hydrogens is 442 g/mol. The van der Waals surface area contributed by atoms with E-state index >= 15 is 0 Å². The molecule has 1 aromatic heterocycles. The first kappa shape index (κ1) is 24.1. The standard InChI is InChI=1S/C27H33N5OS/c1-18(2)24-20(4)28-25(21-8-6-19(3)7-9-21)30-26(24)31-14-16-32(17-15-31)27(33)29-22-10-12-23(34-5)13-11-22/h6-13,18H,14-17H2,1-5H3,(H,29,33). The summed E-state index contributed by atoms with van der Waals surface area (Å²) in [5.74, 6) is 2.06.